The summed E-state index contributed by atoms with van der Waals surface area (Å²) < 4.78 is 6.02. The zero-order valence-electron chi connectivity index (χ0n) is 13.0. The third-order valence-corrected chi connectivity index (χ3v) is 3.55. The fraction of sp³-hybridized carbons (Fsp3) is 0.176. The van der Waals surface area contributed by atoms with Gasteiger partial charge in [-0.25, -0.2) is 0 Å². The molecule has 0 atom stereocenters. The van der Waals surface area contributed by atoms with Crippen molar-refractivity contribution >= 4 is 33.4 Å². The van der Waals surface area contributed by atoms with Gasteiger partial charge in [-0.05, 0) is 49.4 Å². The Morgan fingerprint density at radius 3 is 2.54 bits per heavy atom. The van der Waals surface area contributed by atoms with Crippen molar-refractivity contribution in [2.45, 2.75) is 6.92 Å². The Balaban J connectivity index is 1.97. The number of carbonyl (C=O) groups is 2. The Labute approximate surface area is 148 Å². The second-order valence-electron chi connectivity index (χ2n) is 4.88. The molecule has 2 aromatic rings. The molecule has 0 spiro atoms. The van der Waals surface area contributed by atoms with E-state index in [1.807, 2.05) is 6.92 Å². The van der Waals surface area contributed by atoms with Crippen LogP contribution in [0.3, 0.4) is 0 Å². The number of likely N-dealkylation sites (N-methyl/N-ethyl adjacent to an activating group) is 1. The number of benzene rings is 2. The van der Waals surface area contributed by atoms with Gasteiger partial charge in [-0.15, -0.1) is 0 Å². The molecule has 6 nitrogen and oxygen atoms in total. The third-order valence-electron chi connectivity index (χ3n) is 3.06. The number of halogens is 1. The van der Waals surface area contributed by atoms with Crippen molar-refractivity contribution in [1.82, 2.24) is 5.32 Å². The lowest BCUT2D eigenvalue weighted by Crippen LogP contribution is -2.28. The maximum Gasteiger partial charge on any atom is 0.259 e. The van der Waals surface area contributed by atoms with Gasteiger partial charge >= 0.3 is 0 Å². The summed E-state index contributed by atoms with van der Waals surface area (Å²) in [5, 5.41) is 15.1. The van der Waals surface area contributed by atoms with Crippen molar-refractivity contribution in [3.05, 3.63) is 52.5 Å². The number of carbonyl (C=O) groups excluding carboxylic acids is 2. The normalized spacial score (nSPS) is 10.1. The van der Waals surface area contributed by atoms with Crippen LogP contribution < -0.4 is 15.4 Å². The summed E-state index contributed by atoms with van der Waals surface area (Å²) in [6.45, 7) is 2.32. The number of phenols is 1. The zero-order chi connectivity index (χ0) is 17.5. The molecule has 0 aromatic heterocycles. The molecule has 0 unspecified atom stereocenters. The summed E-state index contributed by atoms with van der Waals surface area (Å²) in [5.74, 6) is -0.202. The number of ether oxygens (including phenoxy) is 1. The summed E-state index contributed by atoms with van der Waals surface area (Å²) in [6.07, 6.45) is 0. The summed E-state index contributed by atoms with van der Waals surface area (Å²) in [7, 11) is 0. The SMILES string of the molecule is CCNC(=O)COc1ccc(NC(=O)c2cc(Br)ccc2O)cc1. The van der Waals surface area contributed by atoms with E-state index >= 15 is 0 Å². The number of anilines is 1. The third kappa shape index (κ3) is 4.99. The fourth-order valence-corrected chi connectivity index (χ4v) is 2.28. The van der Waals surface area contributed by atoms with E-state index in [1.54, 1.807) is 30.3 Å². The van der Waals surface area contributed by atoms with E-state index in [-0.39, 0.29) is 23.8 Å². The Kier molecular flexibility index (Phi) is 6.20. The first-order valence-electron chi connectivity index (χ1n) is 7.29. The van der Waals surface area contributed by atoms with Crippen LogP contribution in [0.4, 0.5) is 5.69 Å². The van der Waals surface area contributed by atoms with Gasteiger partial charge in [0.25, 0.3) is 11.8 Å². The van der Waals surface area contributed by atoms with E-state index in [4.69, 9.17) is 4.74 Å². The molecule has 2 rings (SSSR count). The van der Waals surface area contributed by atoms with Gasteiger partial charge < -0.3 is 20.5 Å². The number of nitrogens with one attached hydrogen (secondary N) is 2. The topological polar surface area (TPSA) is 87.7 Å². The van der Waals surface area contributed by atoms with Crippen LogP contribution >= 0.6 is 15.9 Å². The Bertz CT molecular complexity index is 732. The van der Waals surface area contributed by atoms with Crippen molar-refractivity contribution in [2.24, 2.45) is 0 Å². The van der Waals surface area contributed by atoms with Gasteiger partial charge in [0, 0.05) is 16.7 Å². The van der Waals surface area contributed by atoms with Gasteiger partial charge in [-0.1, -0.05) is 15.9 Å². The lowest BCUT2D eigenvalue weighted by Gasteiger charge is -2.09. The lowest BCUT2D eigenvalue weighted by molar-refractivity contribution is -0.122. The Morgan fingerprint density at radius 2 is 1.88 bits per heavy atom. The van der Waals surface area contributed by atoms with Crippen molar-refractivity contribution in [3.8, 4) is 11.5 Å². The van der Waals surface area contributed by atoms with Gasteiger partial charge in [0.1, 0.15) is 11.5 Å². The average molecular weight is 393 g/mol. The van der Waals surface area contributed by atoms with Crippen LogP contribution in [-0.4, -0.2) is 30.1 Å². The molecule has 0 aliphatic carbocycles. The highest BCUT2D eigenvalue weighted by Gasteiger charge is 2.12. The molecular weight excluding hydrogens is 376 g/mol. The molecule has 0 saturated carbocycles. The molecule has 126 valence electrons. The van der Waals surface area contributed by atoms with E-state index in [1.165, 1.54) is 12.1 Å². The highest BCUT2D eigenvalue weighted by molar-refractivity contribution is 9.10. The van der Waals surface area contributed by atoms with E-state index < -0.39 is 5.91 Å². The minimum Gasteiger partial charge on any atom is -0.507 e. The smallest absolute Gasteiger partial charge is 0.259 e. The predicted octanol–water partition coefficient (Wildman–Crippen LogP) is 2.92. The lowest BCUT2D eigenvalue weighted by atomic mass is 10.2. The first-order valence-corrected chi connectivity index (χ1v) is 8.08. The quantitative estimate of drug-likeness (QED) is 0.704. The van der Waals surface area contributed by atoms with Crippen LogP contribution in [0.25, 0.3) is 0 Å². The maximum absolute atomic E-state index is 12.2. The van der Waals surface area contributed by atoms with Crippen LogP contribution in [0, 0.1) is 0 Å². The molecular formula is C17H17BrN2O4. The number of hydrogen-bond donors (Lipinski definition) is 3. The molecule has 0 aliphatic rings. The largest absolute Gasteiger partial charge is 0.507 e. The summed E-state index contributed by atoms with van der Waals surface area (Å²) in [6, 6.07) is 11.2. The van der Waals surface area contributed by atoms with Gasteiger partial charge in [0.05, 0.1) is 5.56 Å². The van der Waals surface area contributed by atoms with E-state index in [0.717, 1.165) is 0 Å². The summed E-state index contributed by atoms with van der Waals surface area (Å²) >= 11 is 3.26. The predicted molar refractivity (Wildman–Crippen MR) is 94.4 cm³/mol. The van der Waals surface area contributed by atoms with Gasteiger partial charge in [-0.3, -0.25) is 9.59 Å². The monoisotopic (exact) mass is 392 g/mol. The number of phenolic OH excluding ortho intramolecular Hbond substituents is 1. The summed E-state index contributed by atoms with van der Waals surface area (Å²) in [4.78, 5) is 23.5. The maximum atomic E-state index is 12.2. The van der Waals surface area contributed by atoms with Gasteiger partial charge in [0.15, 0.2) is 6.61 Å². The average Bonchev–Trinajstić information content (AvgIpc) is 2.56. The molecule has 3 N–H and O–H groups in total. The molecule has 24 heavy (non-hydrogen) atoms. The van der Waals surface area contributed by atoms with Gasteiger partial charge in [-0.2, -0.15) is 0 Å². The van der Waals surface area contributed by atoms with E-state index in [0.29, 0.717) is 22.5 Å². The minimum absolute atomic E-state index is 0.0640. The Hall–Kier alpha value is -2.54. The summed E-state index contributed by atoms with van der Waals surface area (Å²) in [5.41, 5.74) is 0.714. The molecule has 7 heteroatoms. The van der Waals surface area contributed by atoms with Crippen molar-refractivity contribution in [2.75, 3.05) is 18.5 Å². The van der Waals surface area contributed by atoms with Crippen LogP contribution in [0.5, 0.6) is 11.5 Å². The van der Waals surface area contributed by atoms with Crippen molar-refractivity contribution in [3.63, 3.8) is 0 Å². The van der Waals surface area contributed by atoms with Crippen molar-refractivity contribution < 1.29 is 19.4 Å². The molecule has 0 fully saturated rings. The number of rotatable bonds is 6. The molecule has 2 aromatic carbocycles. The zero-order valence-corrected chi connectivity index (χ0v) is 14.6. The molecule has 0 radical (unpaired) electrons. The van der Waals surface area contributed by atoms with Crippen molar-refractivity contribution in [1.29, 1.82) is 0 Å². The molecule has 0 heterocycles. The van der Waals surface area contributed by atoms with Crippen LogP contribution in [-0.2, 0) is 4.79 Å². The number of aromatic hydroxyl groups is 1. The molecule has 0 bridgehead atoms. The highest BCUT2D eigenvalue weighted by Crippen LogP contribution is 2.23. The number of amides is 2. The second-order valence-corrected chi connectivity index (χ2v) is 5.80. The van der Waals surface area contributed by atoms with Gasteiger partial charge in [0.2, 0.25) is 0 Å². The molecule has 0 aliphatic heterocycles. The van der Waals surface area contributed by atoms with Crippen LogP contribution in [0.1, 0.15) is 17.3 Å². The van der Waals surface area contributed by atoms with E-state index in [9.17, 15) is 14.7 Å². The minimum atomic E-state index is -0.426. The highest BCUT2D eigenvalue weighted by atomic mass is 79.9. The first kappa shape index (κ1) is 17.8. The molecule has 0 saturated heterocycles. The van der Waals surface area contributed by atoms with Crippen LogP contribution in [0.2, 0.25) is 0 Å². The van der Waals surface area contributed by atoms with Crippen LogP contribution in [0.15, 0.2) is 46.9 Å². The fourth-order valence-electron chi connectivity index (χ4n) is 1.92. The first-order chi connectivity index (χ1) is 11.5. The molecule has 2 amide bonds. The Morgan fingerprint density at radius 1 is 1.17 bits per heavy atom. The second kappa shape index (κ2) is 8.35. The standard InChI is InChI=1S/C17H17BrN2O4/c1-2-19-16(22)10-24-13-6-4-12(5-7-13)20-17(23)14-9-11(18)3-8-15(14)21/h3-9,21H,2,10H2,1H3,(H,19,22)(H,20,23). The van der Waals surface area contributed by atoms with E-state index in [2.05, 4.69) is 26.6 Å². The number of hydrogen-bond acceptors (Lipinski definition) is 4.